The van der Waals surface area contributed by atoms with Gasteiger partial charge in [0.2, 0.25) is 0 Å². The number of hydrogen-bond acceptors (Lipinski definition) is 2. The second-order valence-corrected chi connectivity index (χ2v) is 6.28. The lowest BCUT2D eigenvalue weighted by molar-refractivity contribution is 0.414. The summed E-state index contributed by atoms with van der Waals surface area (Å²) in [5, 5.41) is 6.44. The van der Waals surface area contributed by atoms with Crippen LogP contribution in [0.2, 0.25) is 0 Å². The fraction of sp³-hybridized carbons (Fsp3) is 0.350. The number of aliphatic imine (C=N–C) groups is 1. The molecule has 4 nitrogen and oxygen atoms in total. The van der Waals surface area contributed by atoms with Crippen LogP contribution in [0.5, 0.6) is 5.75 Å². The van der Waals surface area contributed by atoms with Crippen molar-refractivity contribution in [3.8, 4) is 5.75 Å². The molecule has 0 spiro atoms. The van der Waals surface area contributed by atoms with Gasteiger partial charge in [-0.15, -0.1) is 24.0 Å². The lowest BCUT2D eigenvalue weighted by Crippen LogP contribution is -2.39. The largest absolute Gasteiger partial charge is 0.497 e. The summed E-state index contributed by atoms with van der Waals surface area (Å²) >= 11 is 0. The molecule has 1 aliphatic carbocycles. The van der Waals surface area contributed by atoms with E-state index < -0.39 is 11.6 Å². The van der Waals surface area contributed by atoms with Crippen LogP contribution in [-0.2, 0) is 6.54 Å². The Kier molecular flexibility index (Phi) is 7.82. The van der Waals surface area contributed by atoms with Crippen molar-refractivity contribution in [1.82, 2.24) is 10.6 Å². The fourth-order valence-corrected chi connectivity index (χ4v) is 2.98. The van der Waals surface area contributed by atoms with Crippen LogP contribution in [0.4, 0.5) is 8.78 Å². The van der Waals surface area contributed by atoms with Crippen LogP contribution in [-0.4, -0.2) is 25.7 Å². The molecule has 0 saturated heterocycles. The highest BCUT2D eigenvalue weighted by Crippen LogP contribution is 2.43. The van der Waals surface area contributed by atoms with Crippen LogP contribution in [0.3, 0.4) is 0 Å². The second-order valence-electron chi connectivity index (χ2n) is 6.28. The van der Waals surface area contributed by atoms with E-state index in [4.69, 9.17) is 4.74 Å². The highest BCUT2D eigenvalue weighted by atomic mass is 127. The van der Waals surface area contributed by atoms with Gasteiger partial charge in [0.25, 0.3) is 0 Å². The van der Waals surface area contributed by atoms with E-state index in [9.17, 15) is 8.78 Å². The van der Waals surface area contributed by atoms with E-state index in [-0.39, 0.29) is 41.5 Å². The van der Waals surface area contributed by atoms with E-state index in [1.54, 1.807) is 7.11 Å². The number of halogens is 3. The summed E-state index contributed by atoms with van der Waals surface area (Å²) in [5.41, 5.74) is 1.18. The topological polar surface area (TPSA) is 45.7 Å². The normalized spacial score (nSPS) is 18.4. The van der Waals surface area contributed by atoms with Gasteiger partial charge in [-0.25, -0.2) is 13.8 Å². The average molecular weight is 487 g/mol. The molecule has 1 fully saturated rings. The fourth-order valence-electron chi connectivity index (χ4n) is 2.98. The van der Waals surface area contributed by atoms with E-state index in [0.717, 1.165) is 11.3 Å². The smallest absolute Gasteiger partial charge is 0.191 e. The summed E-state index contributed by atoms with van der Waals surface area (Å²) in [6.45, 7) is 3.16. The Balaban J connectivity index is 0.00000261. The number of benzene rings is 2. The van der Waals surface area contributed by atoms with Gasteiger partial charge >= 0.3 is 0 Å². The lowest BCUT2D eigenvalue weighted by Gasteiger charge is -2.12. The summed E-state index contributed by atoms with van der Waals surface area (Å²) in [4.78, 5) is 4.56. The van der Waals surface area contributed by atoms with E-state index in [1.165, 1.54) is 18.2 Å². The van der Waals surface area contributed by atoms with E-state index in [2.05, 4.69) is 15.6 Å². The average Bonchev–Trinajstić information content (AvgIpc) is 3.38. The van der Waals surface area contributed by atoms with Crippen molar-refractivity contribution in [2.45, 2.75) is 31.8 Å². The van der Waals surface area contributed by atoms with E-state index >= 15 is 0 Å². The number of guanidine groups is 1. The van der Waals surface area contributed by atoms with Gasteiger partial charge in [-0.3, -0.25) is 0 Å². The van der Waals surface area contributed by atoms with Crippen molar-refractivity contribution in [3.63, 3.8) is 0 Å². The van der Waals surface area contributed by atoms with Gasteiger partial charge in [-0.05, 0) is 43.2 Å². The Morgan fingerprint density at radius 3 is 2.56 bits per heavy atom. The molecular weight excluding hydrogens is 463 g/mol. The van der Waals surface area contributed by atoms with Crippen molar-refractivity contribution < 1.29 is 13.5 Å². The van der Waals surface area contributed by atoms with Crippen molar-refractivity contribution in [2.75, 3.05) is 13.7 Å². The van der Waals surface area contributed by atoms with Crippen LogP contribution in [0, 0.1) is 11.6 Å². The molecule has 1 aliphatic rings. The summed E-state index contributed by atoms with van der Waals surface area (Å²) in [6.07, 6.45) is 0.682. The predicted molar refractivity (Wildman–Crippen MR) is 114 cm³/mol. The summed E-state index contributed by atoms with van der Waals surface area (Å²) in [5.74, 6) is 0.277. The zero-order valence-corrected chi connectivity index (χ0v) is 17.7. The third-order valence-electron chi connectivity index (χ3n) is 4.38. The van der Waals surface area contributed by atoms with Crippen LogP contribution < -0.4 is 15.4 Å². The van der Waals surface area contributed by atoms with Gasteiger partial charge < -0.3 is 15.4 Å². The molecule has 0 heterocycles. The van der Waals surface area contributed by atoms with Crippen molar-refractivity contribution >= 4 is 29.9 Å². The molecule has 0 aliphatic heterocycles. The molecule has 2 aromatic carbocycles. The molecule has 0 bridgehead atoms. The lowest BCUT2D eigenvalue weighted by atomic mass is 10.1. The van der Waals surface area contributed by atoms with Crippen LogP contribution in [0.25, 0.3) is 0 Å². The first-order chi connectivity index (χ1) is 12.6. The standard InChI is InChI=1S/C20H23F2N3O.HI/c1-3-23-20(24-12-13-6-4-7-14(10-13)26-2)25-18-11-15(18)19-16(21)8-5-9-17(19)22;/h4-10,15,18H,3,11-12H2,1-2H3,(H2,23,24,25);1H. The number of ether oxygens (including phenoxy) is 1. The molecule has 2 atom stereocenters. The Hall–Kier alpha value is -1.90. The third kappa shape index (κ3) is 5.54. The molecule has 3 rings (SSSR count). The Morgan fingerprint density at radius 2 is 1.89 bits per heavy atom. The van der Waals surface area contributed by atoms with E-state index in [1.807, 2.05) is 31.2 Å². The van der Waals surface area contributed by atoms with Crippen LogP contribution in [0.15, 0.2) is 47.5 Å². The second kappa shape index (κ2) is 9.87. The van der Waals surface area contributed by atoms with Gasteiger partial charge in [-0.1, -0.05) is 18.2 Å². The Bertz CT molecular complexity index is 780. The molecule has 0 radical (unpaired) electrons. The van der Waals surface area contributed by atoms with Crippen molar-refractivity contribution in [2.24, 2.45) is 4.99 Å². The van der Waals surface area contributed by atoms with Crippen molar-refractivity contribution in [1.29, 1.82) is 0 Å². The first-order valence-corrected chi connectivity index (χ1v) is 8.74. The molecule has 2 unspecified atom stereocenters. The first-order valence-electron chi connectivity index (χ1n) is 8.74. The van der Waals surface area contributed by atoms with Gasteiger partial charge in [0.15, 0.2) is 5.96 Å². The Labute approximate surface area is 175 Å². The number of nitrogens with zero attached hydrogens (tertiary/aromatic N) is 1. The Morgan fingerprint density at radius 1 is 1.19 bits per heavy atom. The molecule has 27 heavy (non-hydrogen) atoms. The first kappa shape index (κ1) is 21.4. The number of hydrogen-bond donors (Lipinski definition) is 2. The van der Waals surface area contributed by atoms with Gasteiger partial charge in [0, 0.05) is 24.1 Å². The van der Waals surface area contributed by atoms with Gasteiger partial charge in [-0.2, -0.15) is 0 Å². The summed E-state index contributed by atoms with van der Waals surface area (Å²) < 4.78 is 33.0. The maximum atomic E-state index is 13.9. The number of methoxy groups -OCH3 is 1. The minimum atomic E-state index is -0.488. The molecule has 2 N–H and O–H groups in total. The zero-order valence-electron chi connectivity index (χ0n) is 15.3. The van der Waals surface area contributed by atoms with Crippen LogP contribution in [0.1, 0.15) is 30.4 Å². The molecule has 0 amide bonds. The molecule has 2 aromatic rings. The molecule has 7 heteroatoms. The zero-order chi connectivity index (χ0) is 18.5. The van der Waals surface area contributed by atoms with Gasteiger partial charge in [0.1, 0.15) is 17.4 Å². The molecule has 146 valence electrons. The summed E-state index contributed by atoms with van der Waals surface area (Å²) in [7, 11) is 1.63. The maximum Gasteiger partial charge on any atom is 0.191 e. The third-order valence-corrected chi connectivity index (χ3v) is 4.38. The highest BCUT2D eigenvalue weighted by Gasteiger charge is 2.42. The summed E-state index contributed by atoms with van der Waals surface area (Å²) in [6, 6.07) is 11.7. The monoisotopic (exact) mass is 487 g/mol. The molecule has 1 saturated carbocycles. The van der Waals surface area contributed by atoms with Crippen LogP contribution >= 0.6 is 24.0 Å². The predicted octanol–water partition coefficient (Wildman–Crippen LogP) is 4.20. The molecule has 0 aromatic heterocycles. The maximum absolute atomic E-state index is 13.9. The minimum absolute atomic E-state index is 0. The quantitative estimate of drug-likeness (QED) is 0.365. The number of nitrogens with one attached hydrogen (secondary N) is 2. The highest BCUT2D eigenvalue weighted by molar-refractivity contribution is 14.0. The van der Waals surface area contributed by atoms with Gasteiger partial charge in [0.05, 0.1) is 13.7 Å². The minimum Gasteiger partial charge on any atom is -0.497 e. The van der Waals surface area contributed by atoms with E-state index in [0.29, 0.717) is 25.5 Å². The number of rotatable bonds is 6. The SMILES string of the molecule is CCNC(=NCc1cccc(OC)c1)NC1CC1c1c(F)cccc1F.I. The molecular formula is C20H24F2IN3O. The van der Waals surface area contributed by atoms with Crippen molar-refractivity contribution in [3.05, 3.63) is 65.2 Å².